The van der Waals surface area contributed by atoms with Crippen molar-refractivity contribution in [2.45, 2.75) is 25.7 Å². The fourth-order valence-corrected chi connectivity index (χ4v) is 1.61. The molecular weight excluding hydrogens is 396 g/mol. The summed E-state index contributed by atoms with van der Waals surface area (Å²) in [5.41, 5.74) is 3.20. The summed E-state index contributed by atoms with van der Waals surface area (Å²) in [4.78, 5) is 0. The summed E-state index contributed by atoms with van der Waals surface area (Å²) in [6.45, 7) is 0. The molecule has 72 valence electrons. The number of hydrogen-bond acceptors (Lipinski definition) is 0. The fraction of sp³-hybridized carbons (Fsp3) is 0.444. The van der Waals surface area contributed by atoms with E-state index >= 15 is 0 Å². The maximum atomic E-state index is 2.26. The van der Waals surface area contributed by atoms with E-state index in [1.807, 2.05) is 0 Å². The van der Waals surface area contributed by atoms with Gasteiger partial charge in [0, 0.05) is 0 Å². The average Bonchev–Trinajstić information content (AvgIpc) is 2.33. The van der Waals surface area contributed by atoms with Gasteiger partial charge in [-0.25, -0.2) is 6.07 Å². The molecule has 0 fully saturated rings. The molecule has 0 aliphatic heterocycles. The van der Waals surface area contributed by atoms with Gasteiger partial charge < -0.3 is 50.9 Å². The van der Waals surface area contributed by atoms with Crippen LogP contribution in [0.4, 0.5) is 0 Å². The molecule has 0 aromatic heterocycles. The third-order valence-electron chi connectivity index (χ3n) is 2.15. The predicted molar refractivity (Wildman–Crippen MR) is 38.7 cm³/mol. The van der Waals surface area contributed by atoms with Crippen molar-refractivity contribution in [2.75, 3.05) is 0 Å². The number of halogens is 3. The van der Waals surface area contributed by atoms with E-state index in [1.165, 1.54) is 25.7 Å². The van der Waals surface area contributed by atoms with Crippen LogP contribution in [0.15, 0.2) is 18.2 Å². The van der Waals surface area contributed by atoms with Crippen LogP contribution in [0.3, 0.4) is 0 Å². The monoisotopic (exact) mass is 404 g/mol. The molecule has 1 aromatic carbocycles. The van der Waals surface area contributed by atoms with Gasteiger partial charge in [-0.05, 0) is 0 Å². The van der Waals surface area contributed by atoms with Crippen LogP contribution in [0.1, 0.15) is 24.0 Å². The van der Waals surface area contributed by atoms with Crippen LogP contribution < -0.4 is 50.9 Å². The van der Waals surface area contributed by atoms with Crippen LogP contribution in [0.5, 0.6) is 0 Å². The number of rotatable bonds is 0. The second-order valence-electron chi connectivity index (χ2n) is 2.78. The van der Waals surface area contributed by atoms with E-state index in [1.54, 1.807) is 11.1 Å². The van der Waals surface area contributed by atoms with Crippen LogP contribution in [-0.4, -0.2) is 0 Å². The largest absolute Gasteiger partial charge is 4.00 e. The molecule has 0 saturated carbocycles. The number of aryl methyl sites for hydroxylation is 2. The summed E-state index contributed by atoms with van der Waals surface area (Å²) in [6, 6.07) is 6.69. The normalized spacial score (nSPS) is 12.0. The molecule has 2 rings (SSSR count). The van der Waals surface area contributed by atoms with Gasteiger partial charge in [-0.15, -0.1) is 0 Å². The van der Waals surface area contributed by atoms with Crippen LogP contribution in [0.2, 0.25) is 0 Å². The summed E-state index contributed by atoms with van der Waals surface area (Å²) in [6.07, 6.45) is 5.44. The quantitative estimate of drug-likeness (QED) is 0.297. The Hall–Kier alpha value is 1.50. The second-order valence-corrected chi connectivity index (χ2v) is 2.78. The summed E-state index contributed by atoms with van der Waals surface area (Å²) in [7, 11) is 0. The van der Waals surface area contributed by atoms with Gasteiger partial charge in [-0.3, -0.25) is 0 Å². The molecular formula is C9H11Br3Ti. The van der Waals surface area contributed by atoms with Crippen molar-refractivity contribution in [3.63, 3.8) is 0 Å². The number of fused-ring (bicyclic) bond motifs is 1. The molecule has 0 saturated heterocycles. The Labute approximate surface area is 126 Å². The van der Waals surface area contributed by atoms with Gasteiger partial charge in [0.1, 0.15) is 0 Å². The van der Waals surface area contributed by atoms with Crippen LogP contribution in [0.25, 0.3) is 0 Å². The van der Waals surface area contributed by atoms with E-state index in [4.69, 9.17) is 0 Å². The van der Waals surface area contributed by atoms with E-state index in [0.29, 0.717) is 0 Å². The molecule has 0 N–H and O–H groups in total. The zero-order valence-corrected chi connectivity index (χ0v) is 13.5. The van der Waals surface area contributed by atoms with Gasteiger partial charge in [-0.1, -0.05) is 25.7 Å². The van der Waals surface area contributed by atoms with Gasteiger partial charge in [0.25, 0.3) is 0 Å². The first kappa shape index (κ1) is 20.0. The summed E-state index contributed by atoms with van der Waals surface area (Å²) in [5.74, 6) is 0. The zero-order valence-electron chi connectivity index (χ0n) is 7.19. The Bertz CT molecular complexity index is 190. The van der Waals surface area contributed by atoms with Crippen molar-refractivity contribution < 1.29 is 72.7 Å². The predicted octanol–water partition coefficient (Wildman–Crippen LogP) is -6.71. The standard InChI is InChI=1S/C9H11.3BrH.Ti/c1-2-5-9-7-3-6-8(9)4-1;;;;/h3,6-7H,1-2,4-5H2;3*1H;/q-1;;;;+4/p-3. The van der Waals surface area contributed by atoms with E-state index in [2.05, 4.69) is 18.2 Å². The molecule has 1 aromatic rings. The van der Waals surface area contributed by atoms with Gasteiger partial charge in [0.15, 0.2) is 0 Å². The second kappa shape index (κ2) is 10.0. The van der Waals surface area contributed by atoms with Crippen molar-refractivity contribution in [2.24, 2.45) is 0 Å². The smallest absolute Gasteiger partial charge is 1.00 e. The van der Waals surface area contributed by atoms with Crippen molar-refractivity contribution in [3.05, 3.63) is 29.3 Å². The van der Waals surface area contributed by atoms with E-state index in [9.17, 15) is 0 Å². The average molecular weight is 407 g/mol. The molecule has 0 spiro atoms. The minimum absolute atomic E-state index is 0. The van der Waals surface area contributed by atoms with Gasteiger partial charge in [0.2, 0.25) is 0 Å². The van der Waals surface area contributed by atoms with Crippen molar-refractivity contribution in [1.29, 1.82) is 0 Å². The van der Waals surface area contributed by atoms with Crippen LogP contribution >= 0.6 is 0 Å². The van der Waals surface area contributed by atoms with E-state index < -0.39 is 0 Å². The van der Waals surface area contributed by atoms with Crippen molar-refractivity contribution in [3.8, 4) is 0 Å². The molecule has 1 aliphatic carbocycles. The molecule has 0 heterocycles. The summed E-state index contributed by atoms with van der Waals surface area (Å²) in [5, 5.41) is 0. The van der Waals surface area contributed by atoms with E-state index in [0.717, 1.165) is 0 Å². The summed E-state index contributed by atoms with van der Waals surface area (Å²) < 4.78 is 0. The molecule has 0 radical (unpaired) electrons. The van der Waals surface area contributed by atoms with Crippen LogP contribution in [-0.2, 0) is 34.6 Å². The maximum absolute atomic E-state index is 2.26. The molecule has 0 amide bonds. The van der Waals surface area contributed by atoms with Crippen molar-refractivity contribution in [1.82, 2.24) is 0 Å². The Morgan fingerprint density at radius 1 is 1.00 bits per heavy atom. The molecule has 0 bridgehead atoms. The molecule has 0 unspecified atom stereocenters. The fourth-order valence-electron chi connectivity index (χ4n) is 1.61. The van der Waals surface area contributed by atoms with Crippen LogP contribution in [0, 0.1) is 0 Å². The van der Waals surface area contributed by atoms with Gasteiger partial charge >= 0.3 is 21.7 Å². The maximum Gasteiger partial charge on any atom is 4.00 e. The van der Waals surface area contributed by atoms with Crippen molar-refractivity contribution >= 4 is 0 Å². The van der Waals surface area contributed by atoms with Gasteiger partial charge in [0.05, 0.1) is 0 Å². The SMILES string of the molecule is [Br-].[Br-].[Br-].[Ti+4].c1cc2c([cH-]1)CCCC2. The Morgan fingerprint density at radius 2 is 1.62 bits per heavy atom. The molecule has 0 nitrogen and oxygen atoms in total. The Balaban J connectivity index is -0.000000250. The summed E-state index contributed by atoms with van der Waals surface area (Å²) >= 11 is 0. The first-order chi connectivity index (χ1) is 4.47. The van der Waals surface area contributed by atoms with Gasteiger partial charge in [-0.2, -0.15) is 23.3 Å². The topological polar surface area (TPSA) is 0 Å². The Kier molecular flexibility index (Phi) is 15.4. The first-order valence-corrected chi connectivity index (χ1v) is 3.70. The number of hydrogen-bond donors (Lipinski definition) is 0. The third-order valence-corrected chi connectivity index (χ3v) is 2.15. The Morgan fingerprint density at radius 3 is 2.23 bits per heavy atom. The third kappa shape index (κ3) is 5.22. The first-order valence-electron chi connectivity index (χ1n) is 3.70. The minimum atomic E-state index is 0. The zero-order chi connectivity index (χ0) is 6.10. The molecule has 4 heteroatoms. The van der Waals surface area contributed by atoms with E-state index in [-0.39, 0.29) is 72.7 Å². The molecule has 1 aliphatic rings. The molecule has 0 atom stereocenters. The minimum Gasteiger partial charge on any atom is -1.00 e. The molecule has 13 heavy (non-hydrogen) atoms.